The Morgan fingerprint density at radius 3 is 2.60 bits per heavy atom. The molecule has 0 spiro atoms. The molecule has 30 heavy (non-hydrogen) atoms. The van der Waals surface area contributed by atoms with E-state index in [4.69, 9.17) is 4.74 Å². The van der Waals surface area contributed by atoms with E-state index in [1.807, 2.05) is 13.0 Å². The SMILES string of the molecule is Cc1cc(OC2CCN(C(=O)c3cc(-c4ccc(F)cc4)nn3C)C2)cc(=O)n1C. The lowest BCUT2D eigenvalue weighted by Crippen LogP contribution is -2.32. The first-order valence-corrected chi connectivity index (χ1v) is 9.75. The Hall–Kier alpha value is -3.42. The van der Waals surface area contributed by atoms with E-state index in [0.29, 0.717) is 36.6 Å². The van der Waals surface area contributed by atoms with Crippen molar-refractivity contribution in [3.8, 4) is 17.0 Å². The number of carbonyl (C=O) groups excluding carboxylic acids is 1. The Morgan fingerprint density at radius 2 is 1.90 bits per heavy atom. The number of hydrogen-bond donors (Lipinski definition) is 0. The largest absolute Gasteiger partial charge is 0.488 e. The van der Waals surface area contributed by atoms with Crippen LogP contribution in [0.2, 0.25) is 0 Å². The van der Waals surface area contributed by atoms with Gasteiger partial charge in [-0.3, -0.25) is 14.3 Å². The molecule has 0 N–H and O–H groups in total. The minimum absolute atomic E-state index is 0.126. The third-order valence-electron chi connectivity index (χ3n) is 5.45. The Bertz CT molecular complexity index is 1150. The van der Waals surface area contributed by atoms with E-state index in [-0.39, 0.29) is 23.4 Å². The van der Waals surface area contributed by atoms with Gasteiger partial charge >= 0.3 is 0 Å². The van der Waals surface area contributed by atoms with Gasteiger partial charge in [0.2, 0.25) is 0 Å². The molecule has 1 aliphatic rings. The van der Waals surface area contributed by atoms with Gasteiger partial charge in [-0.2, -0.15) is 5.10 Å². The van der Waals surface area contributed by atoms with Crippen LogP contribution in [-0.2, 0) is 14.1 Å². The number of halogens is 1. The van der Waals surface area contributed by atoms with Gasteiger partial charge in [-0.1, -0.05) is 0 Å². The summed E-state index contributed by atoms with van der Waals surface area (Å²) in [6, 6.07) is 11.0. The van der Waals surface area contributed by atoms with Crippen LogP contribution in [0.4, 0.5) is 4.39 Å². The number of nitrogens with zero attached hydrogens (tertiary/aromatic N) is 4. The molecule has 7 nitrogen and oxygen atoms in total. The van der Waals surface area contributed by atoms with Crippen molar-refractivity contribution in [1.82, 2.24) is 19.2 Å². The number of benzene rings is 1. The van der Waals surface area contributed by atoms with E-state index >= 15 is 0 Å². The predicted molar refractivity (Wildman–Crippen MR) is 110 cm³/mol. The zero-order chi connectivity index (χ0) is 21.4. The van der Waals surface area contributed by atoms with Gasteiger partial charge in [0, 0.05) is 44.4 Å². The molecule has 4 rings (SSSR count). The minimum Gasteiger partial charge on any atom is -0.488 e. The van der Waals surface area contributed by atoms with Gasteiger partial charge in [0.05, 0.1) is 12.2 Å². The molecule has 8 heteroatoms. The lowest BCUT2D eigenvalue weighted by atomic mass is 10.1. The summed E-state index contributed by atoms with van der Waals surface area (Å²) in [5, 5.41) is 4.40. The molecular weight excluding hydrogens is 387 g/mol. The number of aryl methyl sites for hydroxylation is 2. The van der Waals surface area contributed by atoms with E-state index in [1.165, 1.54) is 18.2 Å². The number of carbonyl (C=O) groups is 1. The van der Waals surface area contributed by atoms with E-state index in [2.05, 4.69) is 5.10 Å². The molecule has 0 bridgehead atoms. The van der Waals surface area contributed by atoms with Gasteiger partial charge < -0.3 is 14.2 Å². The summed E-state index contributed by atoms with van der Waals surface area (Å²) in [6.07, 6.45) is 0.508. The van der Waals surface area contributed by atoms with Crippen molar-refractivity contribution in [2.24, 2.45) is 14.1 Å². The topological polar surface area (TPSA) is 69.4 Å². The van der Waals surface area contributed by atoms with Crippen LogP contribution >= 0.6 is 0 Å². The van der Waals surface area contributed by atoms with Crippen LogP contribution in [0, 0.1) is 12.7 Å². The third kappa shape index (κ3) is 3.85. The molecule has 3 aromatic rings. The number of likely N-dealkylation sites (tertiary alicyclic amines) is 1. The van der Waals surface area contributed by atoms with Crippen LogP contribution in [0.5, 0.6) is 5.75 Å². The molecule has 0 radical (unpaired) electrons. The number of pyridine rings is 1. The van der Waals surface area contributed by atoms with E-state index in [9.17, 15) is 14.0 Å². The van der Waals surface area contributed by atoms with Gasteiger partial charge in [0.1, 0.15) is 23.4 Å². The predicted octanol–water partition coefficient (Wildman–Crippen LogP) is 2.53. The summed E-state index contributed by atoms with van der Waals surface area (Å²) in [6.45, 7) is 2.84. The summed E-state index contributed by atoms with van der Waals surface area (Å²) < 4.78 is 22.2. The van der Waals surface area contributed by atoms with Crippen LogP contribution in [0.3, 0.4) is 0 Å². The molecule has 2 aromatic heterocycles. The second kappa shape index (κ2) is 7.78. The average molecular weight is 410 g/mol. The minimum atomic E-state index is -0.319. The quantitative estimate of drug-likeness (QED) is 0.663. The fourth-order valence-electron chi connectivity index (χ4n) is 3.60. The van der Waals surface area contributed by atoms with Crippen LogP contribution in [0.25, 0.3) is 11.3 Å². The number of amides is 1. The molecule has 0 aliphatic carbocycles. The first-order valence-electron chi connectivity index (χ1n) is 9.75. The van der Waals surface area contributed by atoms with Crippen molar-refractivity contribution in [3.05, 3.63) is 70.0 Å². The van der Waals surface area contributed by atoms with Crippen LogP contribution in [-0.4, -0.2) is 44.3 Å². The highest BCUT2D eigenvalue weighted by Crippen LogP contribution is 2.23. The maximum absolute atomic E-state index is 13.2. The van der Waals surface area contributed by atoms with E-state index in [1.54, 1.807) is 46.4 Å². The summed E-state index contributed by atoms with van der Waals surface area (Å²) in [7, 11) is 3.43. The first-order chi connectivity index (χ1) is 14.3. The van der Waals surface area contributed by atoms with Gasteiger partial charge in [0.15, 0.2) is 0 Å². The maximum atomic E-state index is 13.2. The zero-order valence-electron chi connectivity index (χ0n) is 17.1. The second-order valence-electron chi connectivity index (χ2n) is 7.55. The van der Waals surface area contributed by atoms with E-state index < -0.39 is 0 Å². The van der Waals surface area contributed by atoms with Crippen molar-refractivity contribution < 1.29 is 13.9 Å². The Balaban J connectivity index is 1.46. The summed E-state index contributed by atoms with van der Waals surface area (Å²) in [5.41, 5.74) is 2.50. The fourth-order valence-corrected chi connectivity index (χ4v) is 3.60. The molecular formula is C22H23FN4O3. The monoisotopic (exact) mass is 410 g/mol. The highest BCUT2D eigenvalue weighted by molar-refractivity contribution is 5.94. The average Bonchev–Trinajstić information content (AvgIpc) is 3.33. The molecule has 1 aromatic carbocycles. The number of rotatable bonds is 4. The molecule has 1 aliphatic heterocycles. The standard InChI is InChI=1S/C22H23FN4O3/c1-14-10-18(11-21(28)25(14)2)30-17-8-9-27(13-17)22(29)20-12-19(24-26(20)3)15-4-6-16(23)7-5-15/h4-7,10-12,17H,8-9,13H2,1-3H3. The highest BCUT2D eigenvalue weighted by Gasteiger charge is 2.30. The smallest absolute Gasteiger partial charge is 0.272 e. The fraction of sp³-hybridized carbons (Fsp3) is 0.318. The maximum Gasteiger partial charge on any atom is 0.272 e. The third-order valence-corrected chi connectivity index (χ3v) is 5.45. The number of hydrogen-bond acceptors (Lipinski definition) is 4. The number of aromatic nitrogens is 3. The highest BCUT2D eigenvalue weighted by atomic mass is 19.1. The molecule has 3 heterocycles. The normalized spacial score (nSPS) is 16.1. The number of ether oxygens (including phenoxy) is 1. The first kappa shape index (κ1) is 19.9. The second-order valence-corrected chi connectivity index (χ2v) is 7.55. The van der Waals surface area contributed by atoms with Crippen LogP contribution < -0.4 is 10.3 Å². The molecule has 1 saturated heterocycles. The van der Waals surface area contributed by atoms with Crippen molar-refractivity contribution in [3.63, 3.8) is 0 Å². The van der Waals surface area contributed by atoms with E-state index in [0.717, 1.165) is 11.3 Å². The van der Waals surface area contributed by atoms with Crippen LogP contribution in [0.15, 0.2) is 47.3 Å². The molecule has 1 atom stereocenters. The lowest BCUT2D eigenvalue weighted by molar-refractivity contribution is 0.0761. The lowest BCUT2D eigenvalue weighted by Gasteiger charge is -2.17. The van der Waals surface area contributed by atoms with Gasteiger partial charge in [-0.05, 0) is 43.3 Å². The van der Waals surface area contributed by atoms with Crippen molar-refractivity contribution in [2.45, 2.75) is 19.4 Å². The Labute approximate surface area is 173 Å². The van der Waals surface area contributed by atoms with Crippen LogP contribution in [0.1, 0.15) is 22.6 Å². The molecule has 0 saturated carbocycles. The van der Waals surface area contributed by atoms with Gasteiger partial charge in [-0.25, -0.2) is 4.39 Å². The Kier molecular flexibility index (Phi) is 5.15. The van der Waals surface area contributed by atoms with Gasteiger partial charge in [0.25, 0.3) is 11.5 Å². The summed E-state index contributed by atoms with van der Waals surface area (Å²) in [4.78, 5) is 26.7. The molecule has 1 amide bonds. The van der Waals surface area contributed by atoms with Crippen molar-refractivity contribution in [1.29, 1.82) is 0 Å². The summed E-state index contributed by atoms with van der Waals surface area (Å²) >= 11 is 0. The van der Waals surface area contributed by atoms with Crippen molar-refractivity contribution in [2.75, 3.05) is 13.1 Å². The zero-order valence-corrected chi connectivity index (χ0v) is 17.1. The summed E-state index contributed by atoms with van der Waals surface area (Å²) in [5.74, 6) is 0.0687. The Morgan fingerprint density at radius 1 is 1.17 bits per heavy atom. The van der Waals surface area contributed by atoms with Crippen molar-refractivity contribution >= 4 is 5.91 Å². The molecule has 1 unspecified atom stereocenters. The molecule has 156 valence electrons. The molecule has 1 fully saturated rings. The van der Waals surface area contributed by atoms with Gasteiger partial charge in [-0.15, -0.1) is 0 Å².